The molecule has 0 aliphatic rings. The normalized spacial score (nSPS) is 11.7. The zero-order chi connectivity index (χ0) is 15.3. The minimum atomic E-state index is -1.46. The molecule has 0 aromatic carbocycles. The van der Waals surface area contributed by atoms with E-state index in [0.717, 1.165) is 4.88 Å². The van der Waals surface area contributed by atoms with Gasteiger partial charge in [-0.2, -0.15) is 0 Å². The van der Waals surface area contributed by atoms with E-state index in [4.69, 9.17) is 21.8 Å². The average molecular weight is 321 g/mol. The molecule has 20 heavy (non-hydrogen) atoms. The maximum absolute atomic E-state index is 11.8. The Bertz CT molecular complexity index is 519. The fourth-order valence-electron chi connectivity index (χ4n) is 1.38. The zero-order valence-corrected chi connectivity index (χ0v) is 12.1. The fraction of sp³-hybridized carbons (Fsp3) is 0.364. The molecule has 7 nitrogen and oxygen atoms in total. The highest BCUT2D eigenvalue weighted by molar-refractivity contribution is 7.16. The second-order valence-corrected chi connectivity index (χ2v) is 5.80. The first kappa shape index (κ1) is 16.3. The van der Waals surface area contributed by atoms with Gasteiger partial charge in [0, 0.05) is 11.9 Å². The molecular formula is C11H13ClN2O5S. The minimum absolute atomic E-state index is 0.253. The lowest BCUT2D eigenvalue weighted by atomic mass is 10.2. The zero-order valence-electron chi connectivity index (χ0n) is 10.5. The quantitative estimate of drug-likeness (QED) is 0.735. The van der Waals surface area contributed by atoms with Gasteiger partial charge >= 0.3 is 18.0 Å². The number of amides is 2. The second kappa shape index (κ2) is 7.11. The van der Waals surface area contributed by atoms with E-state index < -0.39 is 30.4 Å². The molecule has 2 amide bonds. The number of thiophene rings is 1. The number of nitrogens with one attached hydrogen (secondary N) is 1. The van der Waals surface area contributed by atoms with Crippen molar-refractivity contribution in [3.05, 3.63) is 21.3 Å². The highest BCUT2D eigenvalue weighted by Gasteiger charge is 2.24. The number of aliphatic carboxylic acids is 2. The van der Waals surface area contributed by atoms with Crippen LogP contribution in [0.4, 0.5) is 4.79 Å². The molecule has 1 atom stereocenters. The lowest BCUT2D eigenvalue weighted by Gasteiger charge is -2.20. The molecule has 0 spiro atoms. The van der Waals surface area contributed by atoms with Crippen molar-refractivity contribution in [3.63, 3.8) is 0 Å². The molecule has 0 aliphatic carbocycles. The Morgan fingerprint density at radius 1 is 1.40 bits per heavy atom. The minimum Gasteiger partial charge on any atom is -0.481 e. The van der Waals surface area contributed by atoms with Crippen molar-refractivity contribution in [1.82, 2.24) is 10.2 Å². The Hall–Kier alpha value is -1.80. The summed E-state index contributed by atoms with van der Waals surface area (Å²) in [5.74, 6) is -2.70. The van der Waals surface area contributed by atoms with Gasteiger partial charge in [0.2, 0.25) is 0 Å². The Morgan fingerprint density at radius 3 is 2.50 bits per heavy atom. The average Bonchev–Trinajstić information content (AvgIpc) is 2.72. The number of hydrogen-bond acceptors (Lipinski definition) is 4. The van der Waals surface area contributed by atoms with Gasteiger partial charge in [-0.1, -0.05) is 11.6 Å². The summed E-state index contributed by atoms with van der Waals surface area (Å²) in [5.41, 5.74) is 0. The summed E-state index contributed by atoms with van der Waals surface area (Å²) in [7, 11) is 1.47. The lowest BCUT2D eigenvalue weighted by Crippen LogP contribution is -2.47. The summed E-state index contributed by atoms with van der Waals surface area (Å²) >= 11 is 7.07. The van der Waals surface area contributed by atoms with Crippen molar-refractivity contribution in [1.29, 1.82) is 0 Å². The van der Waals surface area contributed by atoms with Gasteiger partial charge in [-0.3, -0.25) is 4.79 Å². The Morgan fingerprint density at radius 2 is 2.05 bits per heavy atom. The predicted molar refractivity (Wildman–Crippen MR) is 73.0 cm³/mol. The molecule has 0 radical (unpaired) electrons. The standard InChI is InChI=1S/C11H13ClN2O5S/c1-14(5-6-2-3-8(12)20-6)11(19)13-7(10(17)18)4-9(15)16/h2-3,7H,4-5H2,1H3,(H,13,19)(H,15,16)(H,17,18). The molecule has 1 aromatic heterocycles. The van der Waals surface area contributed by atoms with E-state index in [0.29, 0.717) is 4.34 Å². The van der Waals surface area contributed by atoms with E-state index in [2.05, 4.69) is 5.32 Å². The maximum Gasteiger partial charge on any atom is 0.326 e. The van der Waals surface area contributed by atoms with Crippen molar-refractivity contribution in [2.45, 2.75) is 19.0 Å². The second-order valence-electron chi connectivity index (χ2n) is 4.00. The molecule has 0 aliphatic heterocycles. The molecule has 0 fully saturated rings. The number of carbonyl (C=O) groups excluding carboxylic acids is 1. The molecule has 0 saturated carbocycles. The largest absolute Gasteiger partial charge is 0.481 e. The smallest absolute Gasteiger partial charge is 0.326 e. The van der Waals surface area contributed by atoms with E-state index in [1.165, 1.54) is 23.3 Å². The number of halogens is 1. The van der Waals surface area contributed by atoms with E-state index >= 15 is 0 Å². The molecule has 0 saturated heterocycles. The third-order valence-electron chi connectivity index (χ3n) is 2.34. The van der Waals surface area contributed by atoms with Gasteiger partial charge in [-0.25, -0.2) is 9.59 Å². The molecule has 1 unspecified atom stereocenters. The van der Waals surface area contributed by atoms with Crippen LogP contribution in [0.5, 0.6) is 0 Å². The van der Waals surface area contributed by atoms with E-state index in [1.54, 1.807) is 12.1 Å². The number of carboxylic acid groups (broad SMARTS) is 2. The number of carbonyl (C=O) groups is 3. The Kier molecular flexibility index (Phi) is 5.78. The molecule has 0 bridgehead atoms. The summed E-state index contributed by atoms with van der Waals surface area (Å²) in [5, 5.41) is 19.6. The lowest BCUT2D eigenvalue weighted by molar-refractivity contribution is -0.145. The molecule has 1 heterocycles. The first-order valence-corrected chi connectivity index (χ1v) is 6.69. The highest BCUT2D eigenvalue weighted by Crippen LogP contribution is 2.22. The number of rotatable bonds is 6. The van der Waals surface area contributed by atoms with Crippen molar-refractivity contribution in [2.75, 3.05) is 7.05 Å². The van der Waals surface area contributed by atoms with Crippen LogP contribution in [0.3, 0.4) is 0 Å². The first-order chi connectivity index (χ1) is 9.29. The van der Waals surface area contributed by atoms with Crippen LogP contribution in [0.1, 0.15) is 11.3 Å². The van der Waals surface area contributed by atoms with Crippen molar-refractivity contribution in [3.8, 4) is 0 Å². The third kappa shape index (κ3) is 5.06. The van der Waals surface area contributed by atoms with Gasteiger partial charge in [0.05, 0.1) is 17.3 Å². The van der Waals surface area contributed by atoms with Crippen LogP contribution in [-0.2, 0) is 16.1 Å². The van der Waals surface area contributed by atoms with Crippen LogP contribution in [0.2, 0.25) is 4.34 Å². The van der Waals surface area contributed by atoms with Gasteiger partial charge in [-0.05, 0) is 12.1 Å². The fourth-order valence-corrected chi connectivity index (χ4v) is 2.52. The molecule has 110 valence electrons. The van der Waals surface area contributed by atoms with Crippen LogP contribution in [0.25, 0.3) is 0 Å². The first-order valence-electron chi connectivity index (χ1n) is 5.50. The monoisotopic (exact) mass is 320 g/mol. The van der Waals surface area contributed by atoms with E-state index in [9.17, 15) is 14.4 Å². The summed E-state index contributed by atoms with van der Waals surface area (Å²) in [6.45, 7) is 0.253. The van der Waals surface area contributed by atoms with Gasteiger partial charge in [0.1, 0.15) is 6.04 Å². The van der Waals surface area contributed by atoms with Crippen LogP contribution in [0.15, 0.2) is 12.1 Å². The summed E-state index contributed by atoms with van der Waals surface area (Å²) < 4.78 is 0.586. The molecule has 9 heteroatoms. The Balaban J connectivity index is 2.59. The van der Waals surface area contributed by atoms with Crippen LogP contribution < -0.4 is 5.32 Å². The molecular weight excluding hydrogens is 308 g/mol. The third-order valence-corrected chi connectivity index (χ3v) is 3.56. The highest BCUT2D eigenvalue weighted by atomic mass is 35.5. The van der Waals surface area contributed by atoms with E-state index in [-0.39, 0.29) is 6.54 Å². The summed E-state index contributed by atoms with van der Waals surface area (Å²) in [6, 6.07) is 1.32. The topological polar surface area (TPSA) is 107 Å². The molecule has 1 rings (SSSR count). The van der Waals surface area contributed by atoms with Gasteiger partial charge in [0.25, 0.3) is 0 Å². The van der Waals surface area contributed by atoms with Crippen LogP contribution in [-0.4, -0.2) is 46.2 Å². The number of hydrogen-bond donors (Lipinski definition) is 3. The number of nitrogens with zero attached hydrogens (tertiary/aromatic N) is 1. The SMILES string of the molecule is CN(Cc1ccc(Cl)s1)C(=O)NC(CC(=O)O)C(=O)O. The number of carboxylic acids is 2. The molecule has 1 aromatic rings. The van der Waals surface area contributed by atoms with E-state index in [1.807, 2.05) is 0 Å². The summed E-state index contributed by atoms with van der Waals surface area (Å²) in [4.78, 5) is 35.2. The summed E-state index contributed by atoms with van der Waals surface area (Å²) in [6.07, 6.45) is -0.681. The van der Waals surface area contributed by atoms with Crippen molar-refractivity contribution < 1.29 is 24.6 Å². The van der Waals surface area contributed by atoms with Crippen LogP contribution >= 0.6 is 22.9 Å². The maximum atomic E-state index is 11.8. The van der Waals surface area contributed by atoms with Crippen LogP contribution in [0, 0.1) is 0 Å². The van der Waals surface area contributed by atoms with Gasteiger partial charge in [-0.15, -0.1) is 11.3 Å². The molecule has 3 N–H and O–H groups in total. The predicted octanol–water partition coefficient (Wildman–Crippen LogP) is 1.47. The van der Waals surface area contributed by atoms with Gasteiger partial charge < -0.3 is 20.4 Å². The van der Waals surface area contributed by atoms with Gasteiger partial charge in [0.15, 0.2) is 0 Å². The Labute approximate surface area is 123 Å². The number of urea groups is 1. The van der Waals surface area contributed by atoms with Crippen molar-refractivity contribution in [2.24, 2.45) is 0 Å². The van der Waals surface area contributed by atoms with Crippen molar-refractivity contribution >= 4 is 40.9 Å².